The lowest BCUT2D eigenvalue weighted by atomic mass is 9.97. The van der Waals surface area contributed by atoms with Crippen LogP contribution in [-0.4, -0.2) is 35.8 Å². The van der Waals surface area contributed by atoms with E-state index in [4.69, 9.17) is 0 Å². The van der Waals surface area contributed by atoms with Crippen LogP contribution in [0.1, 0.15) is 50.2 Å². The van der Waals surface area contributed by atoms with Crippen molar-refractivity contribution in [2.75, 3.05) is 18.0 Å². The van der Waals surface area contributed by atoms with Gasteiger partial charge in [-0.3, -0.25) is 9.59 Å². The van der Waals surface area contributed by atoms with Gasteiger partial charge in [0, 0.05) is 31.2 Å². The third-order valence-electron chi connectivity index (χ3n) is 5.72. The van der Waals surface area contributed by atoms with Gasteiger partial charge in [-0.25, -0.2) is 0 Å². The Kier molecular flexibility index (Phi) is 4.93. The molecule has 2 fully saturated rings. The zero-order valence-corrected chi connectivity index (χ0v) is 15.0. The molecule has 2 heterocycles. The highest BCUT2D eigenvalue weighted by Gasteiger charge is 2.39. The van der Waals surface area contributed by atoms with E-state index in [0.717, 1.165) is 37.1 Å². The van der Waals surface area contributed by atoms with Crippen LogP contribution in [0.4, 0.5) is 5.69 Å². The number of rotatable bonds is 3. The number of amides is 2. The molecule has 0 spiro atoms. The van der Waals surface area contributed by atoms with E-state index in [1.807, 2.05) is 28.9 Å². The van der Waals surface area contributed by atoms with Crippen LogP contribution in [0.3, 0.4) is 0 Å². The van der Waals surface area contributed by atoms with Gasteiger partial charge in [-0.15, -0.1) is 0 Å². The van der Waals surface area contributed by atoms with E-state index in [9.17, 15) is 9.59 Å². The standard InChI is InChI=1S/C20H28N2O2/c1-4-17-9-5-6-11-21(17)20(24)16-12-19(23)22(13-16)18-10-7-8-14(2)15(18)3/h7-8,10,16-17H,4-6,9,11-13H2,1-3H3. The Morgan fingerprint density at radius 1 is 1.25 bits per heavy atom. The summed E-state index contributed by atoms with van der Waals surface area (Å²) in [6, 6.07) is 6.39. The molecule has 4 nitrogen and oxygen atoms in total. The summed E-state index contributed by atoms with van der Waals surface area (Å²) < 4.78 is 0. The predicted octanol–water partition coefficient (Wildman–Crippen LogP) is 3.45. The van der Waals surface area contributed by atoms with Crippen molar-refractivity contribution < 1.29 is 9.59 Å². The summed E-state index contributed by atoms with van der Waals surface area (Å²) in [5.74, 6) is 0.0689. The molecule has 4 heteroatoms. The average molecular weight is 328 g/mol. The maximum absolute atomic E-state index is 13.0. The smallest absolute Gasteiger partial charge is 0.228 e. The molecule has 0 aromatic heterocycles. The zero-order valence-electron chi connectivity index (χ0n) is 15.0. The Balaban J connectivity index is 1.77. The molecule has 2 atom stereocenters. The van der Waals surface area contributed by atoms with E-state index in [-0.39, 0.29) is 17.7 Å². The van der Waals surface area contributed by atoms with Crippen LogP contribution < -0.4 is 4.90 Å². The fourth-order valence-electron chi connectivity index (χ4n) is 4.08. The van der Waals surface area contributed by atoms with Crippen LogP contribution in [0.5, 0.6) is 0 Å². The van der Waals surface area contributed by atoms with E-state index in [1.165, 1.54) is 12.0 Å². The van der Waals surface area contributed by atoms with Gasteiger partial charge in [-0.2, -0.15) is 0 Å². The van der Waals surface area contributed by atoms with Crippen molar-refractivity contribution in [2.24, 2.45) is 5.92 Å². The molecule has 0 bridgehead atoms. The number of aryl methyl sites for hydroxylation is 1. The molecular formula is C20H28N2O2. The van der Waals surface area contributed by atoms with Crippen LogP contribution in [0.2, 0.25) is 0 Å². The third kappa shape index (κ3) is 3.06. The maximum atomic E-state index is 13.0. The molecule has 0 aliphatic carbocycles. The van der Waals surface area contributed by atoms with Crippen LogP contribution >= 0.6 is 0 Å². The van der Waals surface area contributed by atoms with Gasteiger partial charge in [0.15, 0.2) is 0 Å². The average Bonchev–Trinajstić information content (AvgIpc) is 2.98. The highest BCUT2D eigenvalue weighted by atomic mass is 16.2. The Labute approximate surface area is 144 Å². The van der Waals surface area contributed by atoms with Gasteiger partial charge < -0.3 is 9.80 Å². The number of anilines is 1. The number of hydrogen-bond donors (Lipinski definition) is 0. The number of piperidine rings is 1. The molecule has 2 unspecified atom stereocenters. The molecule has 0 radical (unpaired) electrons. The van der Waals surface area contributed by atoms with Gasteiger partial charge in [0.25, 0.3) is 0 Å². The third-order valence-corrected chi connectivity index (χ3v) is 5.72. The summed E-state index contributed by atoms with van der Waals surface area (Å²) in [6.45, 7) is 7.63. The first kappa shape index (κ1) is 17.0. The second-order valence-electron chi connectivity index (χ2n) is 7.21. The van der Waals surface area contributed by atoms with Crippen LogP contribution in [-0.2, 0) is 9.59 Å². The minimum atomic E-state index is -0.190. The fraction of sp³-hybridized carbons (Fsp3) is 0.600. The first-order valence-corrected chi connectivity index (χ1v) is 9.20. The molecule has 3 rings (SSSR count). The molecule has 24 heavy (non-hydrogen) atoms. The highest BCUT2D eigenvalue weighted by molar-refractivity contribution is 6.01. The van der Waals surface area contributed by atoms with Crippen LogP contribution in [0.25, 0.3) is 0 Å². The van der Waals surface area contributed by atoms with E-state index in [2.05, 4.69) is 19.9 Å². The topological polar surface area (TPSA) is 40.6 Å². The molecule has 1 aromatic rings. The molecule has 0 saturated carbocycles. The monoisotopic (exact) mass is 328 g/mol. The van der Waals surface area contributed by atoms with Gasteiger partial charge in [0.05, 0.1) is 5.92 Å². The van der Waals surface area contributed by atoms with Crippen molar-refractivity contribution >= 4 is 17.5 Å². The minimum Gasteiger partial charge on any atom is -0.339 e. The lowest BCUT2D eigenvalue weighted by Gasteiger charge is -2.36. The largest absolute Gasteiger partial charge is 0.339 e. The van der Waals surface area contributed by atoms with E-state index < -0.39 is 0 Å². The second-order valence-corrected chi connectivity index (χ2v) is 7.21. The fourth-order valence-corrected chi connectivity index (χ4v) is 4.08. The van der Waals surface area contributed by atoms with Crippen molar-refractivity contribution in [3.05, 3.63) is 29.3 Å². The molecule has 1 aromatic carbocycles. The molecule has 130 valence electrons. The Hall–Kier alpha value is -1.84. The molecule has 2 aliphatic rings. The summed E-state index contributed by atoms with van der Waals surface area (Å²) in [4.78, 5) is 29.4. The van der Waals surface area contributed by atoms with Crippen LogP contribution in [0, 0.1) is 19.8 Å². The highest BCUT2D eigenvalue weighted by Crippen LogP contribution is 2.31. The summed E-state index contributed by atoms with van der Waals surface area (Å²) in [5.41, 5.74) is 3.27. The van der Waals surface area contributed by atoms with Crippen molar-refractivity contribution in [2.45, 2.75) is 58.9 Å². The first-order chi connectivity index (χ1) is 11.5. The maximum Gasteiger partial charge on any atom is 0.228 e. The SMILES string of the molecule is CCC1CCCCN1C(=O)C1CC(=O)N(c2cccc(C)c2C)C1. The normalized spacial score (nSPS) is 24.5. The molecule has 0 N–H and O–H groups in total. The van der Waals surface area contributed by atoms with Gasteiger partial charge in [-0.1, -0.05) is 19.1 Å². The molecule has 2 amide bonds. The van der Waals surface area contributed by atoms with Crippen molar-refractivity contribution in [1.82, 2.24) is 4.90 Å². The minimum absolute atomic E-state index is 0.0760. The number of benzene rings is 1. The van der Waals surface area contributed by atoms with Gasteiger partial charge >= 0.3 is 0 Å². The summed E-state index contributed by atoms with van der Waals surface area (Å²) in [7, 11) is 0. The summed E-state index contributed by atoms with van der Waals surface area (Å²) >= 11 is 0. The number of carbonyl (C=O) groups is 2. The summed E-state index contributed by atoms with van der Waals surface area (Å²) in [5, 5.41) is 0. The predicted molar refractivity (Wildman–Crippen MR) is 96.0 cm³/mol. The van der Waals surface area contributed by atoms with Gasteiger partial charge in [-0.05, 0) is 56.7 Å². The van der Waals surface area contributed by atoms with Crippen molar-refractivity contribution in [3.63, 3.8) is 0 Å². The van der Waals surface area contributed by atoms with E-state index in [0.29, 0.717) is 19.0 Å². The van der Waals surface area contributed by atoms with Gasteiger partial charge in [0.2, 0.25) is 11.8 Å². The van der Waals surface area contributed by atoms with Gasteiger partial charge in [0.1, 0.15) is 0 Å². The number of nitrogens with zero attached hydrogens (tertiary/aromatic N) is 2. The lowest BCUT2D eigenvalue weighted by molar-refractivity contribution is -0.139. The Bertz CT molecular complexity index is 641. The molecule has 2 saturated heterocycles. The number of likely N-dealkylation sites (tertiary alicyclic amines) is 1. The number of hydrogen-bond acceptors (Lipinski definition) is 2. The quantitative estimate of drug-likeness (QED) is 0.853. The Morgan fingerprint density at radius 2 is 2.04 bits per heavy atom. The molecule has 2 aliphatic heterocycles. The second kappa shape index (κ2) is 6.96. The lowest BCUT2D eigenvalue weighted by Crippen LogP contribution is -2.46. The van der Waals surface area contributed by atoms with E-state index in [1.54, 1.807) is 0 Å². The number of carbonyl (C=O) groups excluding carboxylic acids is 2. The first-order valence-electron chi connectivity index (χ1n) is 9.20. The summed E-state index contributed by atoms with van der Waals surface area (Å²) in [6.07, 6.45) is 4.75. The van der Waals surface area contributed by atoms with E-state index >= 15 is 0 Å². The zero-order chi connectivity index (χ0) is 17.3. The molecular weight excluding hydrogens is 300 g/mol. The van der Waals surface area contributed by atoms with Crippen molar-refractivity contribution in [1.29, 1.82) is 0 Å². The van der Waals surface area contributed by atoms with Crippen molar-refractivity contribution in [3.8, 4) is 0 Å². The van der Waals surface area contributed by atoms with Crippen LogP contribution in [0.15, 0.2) is 18.2 Å². The Morgan fingerprint density at radius 3 is 2.79 bits per heavy atom.